The molecule has 2 aliphatic heterocycles. The van der Waals surface area contributed by atoms with Crippen molar-refractivity contribution in [2.24, 2.45) is 0 Å². The molecule has 0 amide bonds. The normalized spacial score (nSPS) is 24.1. The van der Waals surface area contributed by atoms with Gasteiger partial charge in [0.25, 0.3) is 0 Å². The molecule has 2 saturated heterocycles. The first-order chi connectivity index (χ1) is 15.2. The van der Waals surface area contributed by atoms with Crippen molar-refractivity contribution < 1.29 is 14.6 Å². The predicted octanol–water partition coefficient (Wildman–Crippen LogP) is 3.83. The van der Waals surface area contributed by atoms with Gasteiger partial charge in [-0.2, -0.15) is 4.98 Å². The number of ketones is 1. The van der Waals surface area contributed by atoms with Gasteiger partial charge in [0.2, 0.25) is 5.95 Å². The minimum Gasteiger partial charge on any atom is -0.489 e. The van der Waals surface area contributed by atoms with Crippen LogP contribution in [0, 0.1) is 0 Å². The zero-order chi connectivity index (χ0) is 22.9. The van der Waals surface area contributed by atoms with E-state index in [-0.39, 0.29) is 17.8 Å². The second kappa shape index (κ2) is 9.24. The van der Waals surface area contributed by atoms with E-state index in [1.165, 1.54) is 0 Å². The summed E-state index contributed by atoms with van der Waals surface area (Å²) in [6.45, 7) is 8.25. The highest BCUT2D eigenvalue weighted by Crippen LogP contribution is 2.31. The SMILES string of the molecule is CC(=O)C[C@@H](C)c1ccc(O[C@@H]2CCN(c3nc(N4CCC(C)(O)C4)ncc3Cl)C2)cc1. The van der Waals surface area contributed by atoms with Crippen LogP contribution in [0.2, 0.25) is 5.02 Å². The lowest BCUT2D eigenvalue weighted by molar-refractivity contribution is -0.117. The number of ether oxygens (including phenoxy) is 1. The summed E-state index contributed by atoms with van der Waals surface area (Å²) in [5.41, 5.74) is 0.427. The van der Waals surface area contributed by atoms with E-state index in [0.29, 0.717) is 42.7 Å². The minimum absolute atomic E-state index is 0.0393. The van der Waals surface area contributed by atoms with Gasteiger partial charge in [-0.3, -0.25) is 0 Å². The third-order valence-electron chi connectivity index (χ3n) is 6.24. The lowest BCUT2D eigenvalue weighted by Crippen LogP contribution is -2.31. The van der Waals surface area contributed by atoms with Crippen LogP contribution in [0.1, 0.15) is 51.5 Å². The van der Waals surface area contributed by atoms with Gasteiger partial charge in [0.15, 0.2) is 5.82 Å². The molecule has 172 valence electrons. The number of aromatic nitrogens is 2. The molecule has 2 aliphatic rings. The van der Waals surface area contributed by atoms with Crippen LogP contribution in [0.4, 0.5) is 11.8 Å². The Morgan fingerprint density at radius 2 is 2.06 bits per heavy atom. The number of benzene rings is 1. The van der Waals surface area contributed by atoms with Crippen molar-refractivity contribution in [3.05, 3.63) is 41.0 Å². The summed E-state index contributed by atoms with van der Waals surface area (Å²) < 4.78 is 6.20. The Kier molecular flexibility index (Phi) is 6.58. The molecule has 7 nitrogen and oxygen atoms in total. The number of hydrogen-bond acceptors (Lipinski definition) is 7. The van der Waals surface area contributed by atoms with Crippen LogP contribution in [0.25, 0.3) is 0 Å². The van der Waals surface area contributed by atoms with Crippen LogP contribution in [0.5, 0.6) is 5.75 Å². The molecule has 0 aliphatic carbocycles. The molecule has 2 fully saturated rings. The van der Waals surface area contributed by atoms with Gasteiger partial charge in [0, 0.05) is 32.5 Å². The molecule has 1 aromatic carbocycles. The molecule has 4 rings (SSSR count). The molecular formula is C24H31ClN4O3. The summed E-state index contributed by atoms with van der Waals surface area (Å²) in [5.74, 6) is 2.54. The van der Waals surface area contributed by atoms with Gasteiger partial charge in [0.1, 0.15) is 22.7 Å². The van der Waals surface area contributed by atoms with E-state index in [4.69, 9.17) is 21.3 Å². The second-order valence-electron chi connectivity index (χ2n) is 9.36. The molecule has 0 saturated carbocycles. The number of Topliss-reactive ketones (excluding diaryl/α,β-unsaturated/α-hetero) is 1. The van der Waals surface area contributed by atoms with E-state index >= 15 is 0 Å². The first kappa shape index (κ1) is 22.8. The van der Waals surface area contributed by atoms with Crippen molar-refractivity contribution in [2.75, 3.05) is 36.0 Å². The summed E-state index contributed by atoms with van der Waals surface area (Å²) in [7, 11) is 0. The van der Waals surface area contributed by atoms with Crippen molar-refractivity contribution in [1.82, 2.24) is 9.97 Å². The summed E-state index contributed by atoms with van der Waals surface area (Å²) in [5, 5.41) is 10.8. The molecular weight excluding hydrogens is 428 g/mol. The Morgan fingerprint density at radius 3 is 2.72 bits per heavy atom. The van der Waals surface area contributed by atoms with E-state index in [9.17, 15) is 9.90 Å². The highest BCUT2D eigenvalue weighted by Gasteiger charge is 2.34. The fourth-order valence-electron chi connectivity index (χ4n) is 4.47. The van der Waals surface area contributed by atoms with Crippen molar-refractivity contribution in [3.63, 3.8) is 0 Å². The van der Waals surface area contributed by atoms with Gasteiger partial charge < -0.3 is 24.4 Å². The molecule has 3 atom stereocenters. The Balaban J connectivity index is 1.38. The molecule has 1 unspecified atom stereocenters. The topological polar surface area (TPSA) is 78.8 Å². The number of carbonyl (C=O) groups is 1. The number of β-amino-alcohol motifs (C(OH)–C–C–N with tert-alkyl or cyclic N) is 1. The van der Waals surface area contributed by atoms with E-state index in [1.54, 1.807) is 13.1 Å². The Morgan fingerprint density at radius 1 is 1.31 bits per heavy atom. The van der Waals surface area contributed by atoms with Crippen LogP contribution in [0.3, 0.4) is 0 Å². The highest BCUT2D eigenvalue weighted by atomic mass is 35.5. The van der Waals surface area contributed by atoms with Crippen molar-refractivity contribution in [1.29, 1.82) is 0 Å². The number of carbonyl (C=O) groups excluding carboxylic acids is 1. The summed E-state index contributed by atoms with van der Waals surface area (Å²) in [4.78, 5) is 24.6. The summed E-state index contributed by atoms with van der Waals surface area (Å²) in [6.07, 6.45) is 3.80. The quantitative estimate of drug-likeness (QED) is 0.675. The summed E-state index contributed by atoms with van der Waals surface area (Å²) >= 11 is 6.43. The zero-order valence-electron chi connectivity index (χ0n) is 18.9. The average Bonchev–Trinajstić information content (AvgIpc) is 3.34. The zero-order valence-corrected chi connectivity index (χ0v) is 19.7. The van der Waals surface area contributed by atoms with Crippen LogP contribution < -0.4 is 14.5 Å². The van der Waals surface area contributed by atoms with Crippen LogP contribution in [0.15, 0.2) is 30.5 Å². The molecule has 0 radical (unpaired) electrons. The Bertz CT molecular complexity index is 966. The first-order valence-corrected chi connectivity index (χ1v) is 11.6. The fraction of sp³-hybridized carbons (Fsp3) is 0.542. The van der Waals surface area contributed by atoms with Crippen molar-refractivity contribution >= 4 is 29.2 Å². The minimum atomic E-state index is -0.713. The van der Waals surface area contributed by atoms with Gasteiger partial charge >= 0.3 is 0 Å². The molecule has 0 bridgehead atoms. The number of nitrogens with zero attached hydrogens (tertiary/aromatic N) is 4. The highest BCUT2D eigenvalue weighted by molar-refractivity contribution is 6.32. The average molecular weight is 459 g/mol. The second-order valence-corrected chi connectivity index (χ2v) is 9.77. The molecule has 2 aromatic rings. The molecule has 1 aromatic heterocycles. The number of aliphatic hydroxyl groups is 1. The largest absolute Gasteiger partial charge is 0.489 e. The molecule has 3 heterocycles. The standard InChI is InChI=1S/C24H31ClN4O3/c1-16(12-17(2)30)18-4-6-19(7-5-18)32-20-8-10-28(14-20)22-21(25)13-26-23(27-22)29-11-9-24(3,31)15-29/h4-7,13,16,20,31H,8-12,14-15H2,1-3H3/t16-,20-,24?/m1/s1. The van der Waals surface area contributed by atoms with E-state index in [2.05, 4.69) is 16.8 Å². The number of halogens is 1. The van der Waals surface area contributed by atoms with E-state index in [0.717, 1.165) is 30.8 Å². The van der Waals surface area contributed by atoms with Crippen molar-refractivity contribution in [2.45, 2.75) is 57.7 Å². The first-order valence-electron chi connectivity index (χ1n) is 11.2. The van der Waals surface area contributed by atoms with Crippen LogP contribution >= 0.6 is 11.6 Å². The maximum absolute atomic E-state index is 11.4. The maximum Gasteiger partial charge on any atom is 0.227 e. The number of anilines is 2. The van der Waals surface area contributed by atoms with Gasteiger partial charge in [-0.05, 0) is 43.9 Å². The van der Waals surface area contributed by atoms with Gasteiger partial charge in [-0.1, -0.05) is 30.7 Å². The number of hydrogen-bond donors (Lipinski definition) is 1. The van der Waals surface area contributed by atoms with E-state index < -0.39 is 5.60 Å². The van der Waals surface area contributed by atoms with Crippen molar-refractivity contribution in [3.8, 4) is 5.75 Å². The van der Waals surface area contributed by atoms with Crippen LogP contribution in [-0.4, -0.2) is 58.7 Å². The van der Waals surface area contributed by atoms with Gasteiger partial charge in [-0.15, -0.1) is 0 Å². The molecule has 1 N–H and O–H groups in total. The lowest BCUT2D eigenvalue weighted by atomic mass is 9.96. The monoisotopic (exact) mass is 458 g/mol. The van der Waals surface area contributed by atoms with Crippen LogP contribution in [-0.2, 0) is 4.79 Å². The fourth-order valence-corrected chi connectivity index (χ4v) is 4.68. The molecule has 32 heavy (non-hydrogen) atoms. The smallest absolute Gasteiger partial charge is 0.227 e. The third kappa shape index (κ3) is 5.33. The van der Waals surface area contributed by atoms with Gasteiger partial charge in [-0.25, -0.2) is 4.98 Å². The summed E-state index contributed by atoms with van der Waals surface area (Å²) in [6, 6.07) is 8.02. The van der Waals surface area contributed by atoms with Gasteiger partial charge in [0.05, 0.1) is 18.3 Å². The molecule has 8 heteroatoms. The maximum atomic E-state index is 11.4. The third-order valence-corrected chi connectivity index (χ3v) is 6.50. The Labute approximate surface area is 194 Å². The lowest BCUT2D eigenvalue weighted by Gasteiger charge is -2.23. The van der Waals surface area contributed by atoms with E-state index in [1.807, 2.05) is 36.1 Å². The predicted molar refractivity (Wildman–Crippen MR) is 126 cm³/mol. The Hall–Kier alpha value is -2.38. The number of rotatable bonds is 7. The molecule has 0 spiro atoms.